The smallest absolute Gasteiger partial charge is 0.125 e. The van der Waals surface area contributed by atoms with Crippen LogP contribution >= 0.6 is 15.9 Å². The minimum Gasteiger partial charge on any atom is -0.490 e. The molecule has 1 aromatic carbocycles. The van der Waals surface area contributed by atoms with E-state index in [2.05, 4.69) is 15.9 Å². The second-order valence-corrected chi connectivity index (χ2v) is 5.05. The summed E-state index contributed by atoms with van der Waals surface area (Å²) in [5.41, 5.74) is -0.0753. The topological polar surface area (TPSA) is 49.7 Å². The van der Waals surface area contributed by atoms with Crippen molar-refractivity contribution >= 4 is 15.9 Å². The SMILES string of the molecule is CCC(O)(CC)COc1ccc(Br)cc1CO. The molecule has 96 valence electrons. The van der Waals surface area contributed by atoms with E-state index in [0.717, 1.165) is 4.47 Å². The molecule has 0 heterocycles. The molecule has 0 saturated carbocycles. The first kappa shape index (κ1) is 14.5. The largest absolute Gasteiger partial charge is 0.490 e. The Hall–Kier alpha value is -0.580. The molecular formula is C13H19BrO3. The number of aliphatic hydroxyl groups excluding tert-OH is 1. The number of aliphatic hydroxyl groups is 2. The molecule has 4 heteroatoms. The Balaban J connectivity index is 2.75. The lowest BCUT2D eigenvalue weighted by Gasteiger charge is -2.25. The van der Waals surface area contributed by atoms with Crippen LogP contribution in [0.5, 0.6) is 5.75 Å². The van der Waals surface area contributed by atoms with Crippen LogP contribution in [0.3, 0.4) is 0 Å². The molecule has 17 heavy (non-hydrogen) atoms. The van der Waals surface area contributed by atoms with Crippen molar-refractivity contribution < 1.29 is 14.9 Å². The summed E-state index contributed by atoms with van der Waals surface area (Å²) in [6.45, 7) is 4.03. The van der Waals surface area contributed by atoms with Gasteiger partial charge in [0.2, 0.25) is 0 Å². The number of rotatable bonds is 6. The highest BCUT2D eigenvalue weighted by atomic mass is 79.9. The summed E-state index contributed by atoms with van der Waals surface area (Å²) in [4.78, 5) is 0. The lowest BCUT2D eigenvalue weighted by atomic mass is 9.99. The lowest BCUT2D eigenvalue weighted by Crippen LogP contribution is -2.34. The van der Waals surface area contributed by atoms with Crippen LogP contribution < -0.4 is 4.74 Å². The van der Waals surface area contributed by atoms with Crippen molar-refractivity contribution in [3.8, 4) is 5.75 Å². The first-order valence-electron chi connectivity index (χ1n) is 5.79. The van der Waals surface area contributed by atoms with Gasteiger partial charge in [-0.05, 0) is 31.0 Å². The predicted molar refractivity (Wildman–Crippen MR) is 71.1 cm³/mol. The maximum Gasteiger partial charge on any atom is 0.125 e. The van der Waals surface area contributed by atoms with Gasteiger partial charge in [0.1, 0.15) is 12.4 Å². The maximum absolute atomic E-state index is 10.1. The standard InChI is InChI=1S/C13H19BrO3/c1-3-13(16,4-2)9-17-12-6-5-11(14)7-10(12)8-15/h5-7,15-16H,3-4,8-9H2,1-2H3. The molecule has 0 bridgehead atoms. The molecular weight excluding hydrogens is 284 g/mol. The van der Waals surface area contributed by atoms with Crippen molar-refractivity contribution in [2.24, 2.45) is 0 Å². The van der Waals surface area contributed by atoms with E-state index in [1.807, 2.05) is 26.0 Å². The predicted octanol–water partition coefficient (Wildman–Crippen LogP) is 2.87. The first-order valence-corrected chi connectivity index (χ1v) is 6.58. The fraction of sp³-hybridized carbons (Fsp3) is 0.538. The Kier molecular flexibility index (Phi) is 5.43. The van der Waals surface area contributed by atoms with Gasteiger partial charge in [0, 0.05) is 10.0 Å². The van der Waals surface area contributed by atoms with Crippen LogP contribution in [0.2, 0.25) is 0 Å². The molecule has 3 nitrogen and oxygen atoms in total. The summed E-state index contributed by atoms with van der Waals surface area (Å²) in [6.07, 6.45) is 1.29. The van der Waals surface area contributed by atoms with Crippen molar-refractivity contribution in [2.75, 3.05) is 6.61 Å². The van der Waals surface area contributed by atoms with Crippen molar-refractivity contribution in [3.05, 3.63) is 28.2 Å². The van der Waals surface area contributed by atoms with Crippen LogP contribution in [0.25, 0.3) is 0 Å². The molecule has 0 aliphatic carbocycles. The highest BCUT2D eigenvalue weighted by Gasteiger charge is 2.23. The van der Waals surface area contributed by atoms with Crippen LogP contribution in [-0.2, 0) is 6.61 Å². The zero-order chi connectivity index (χ0) is 12.9. The normalized spacial score (nSPS) is 11.6. The molecule has 1 rings (SSSR count). The quantitative estimate of drug-likeness (QED) is 0.849. The Bertz CT molecular complexity index is 362. The van der Waals surface area contributed by atoms with E-state index in [1.165, 1.54) is 0 Å². The summed E-state index contributed by atoms with van der Waals surface area (Å²) in [5, 5.41) is 19.3. The van der Waals surface area contributed by atoms with Crippen LogP contribution in [0, 0.1) is 0 Å². The molecule has 0 unspecified atom stereocenters. The monoisotopic (exact) mass is 302 g/mol. The van der Waals surface area contributed by atoms with Gasteiger partial charge in [-0.3, -0.25) is 0 Å². The van der Waals surface area contributed by atoms with Gasteiger partial charge < -0.3 is 14.9 Å². The van der Waals surface area contributed by atoms with Crippen molar-refractivity contribution in [3.63, 3.8) is 0 Å². The van der Waals surface area contributed by atoms with Gasteiger partial charge in [-0.1, -0.05) is 29.8 Å². The van der Waals surface area contributed by atoms with Crippen LogP contribution in [-0.4, -0.2) is 22.4 Å². The summed E-state index contributed by atoms with van der Waals surface area (Å²) in [6, 6.07) is 5.46. The van der Waals surface area contributed by atoms with Crippen LogP contribution in [0.1, 0.15) is 32.3 Å². The molecule has 0 atom stereocenters. The Labute approximate surface area is 111 Å². The van der Waals surface area contributed by atoms with Gasteiger partial charge in [-0.2, -0.15) is 0 Å². The molecule has 1 aromatic rings. The van der Waals surface area contributed by atoms with Crippen molar-refractivity contribution in [1.82, 2.24) is 0 Å². The molecule has 0 aliphatic rings. The summed E-state index contributed by atoms with van der Waals surface area (Å²) in [7, 11) is 0. The van der Waals surface area contributed by atoms with Crippen molar-refractivity contribution in [2.45, 2.75) is 38.9 Å². The molecule has 0 saturated heterocycles. The van der Waals surface area contributed by atoms with Crippen LogP contribution in [0.4, 0.5) is 0 Å². The van der Waals surface area contributed by atoms with E-state index >= 15 is 0 Å². The third-order valence-corrected chi connectivity index (χ3v) is 3.50. The van der Waals surface area contributed by atoms with Gasteiger partial charge in [-0.25, -0.2) is 0 Å². The van der Waals surface area contributed by atoms with Gasteiger partial charge >= 0.3 is 0 Å². The highest BCUT2D eigenvalue weighted by Crippen LogP contribution is 2.25. The molecule has 0 amide bonds. The molecule has 0 radical (unpaired) electrons. The van der Waals surface area contributed by atoms with E-state index in [0.29, 0.717) is 24.2 Å². The highest BCUT2D eigenvalue weighted by molar-refractivity contribution is 9.10. The van der Waals surface area contributed by atoms with Crippen LogP contribution in [0.15, 0.2) is 22.7 Å². The van der Waals surface area contributed by atoms with Gasteiger partial charge in [-0.15, -0.1) is 0 Å². The van der Waals surface area contributed by atoms with Gasteiger partial charge in [0.25, 0.3) is 0 Å². The number of hydrogen-bond donors (Lipinski definition) is 2. The second-order valence-electron chi connectivity index (χ2n) is 4.13. The molecule has 0 spiro atoms. The van der Waals surface area contributed by atoms with E-state index in [4.69, 9.17) is 4.74 Å². The number of benzene rings is 1. The van der Waals surface area contributed by atoms with E-state index in [9.17, 15) is 10.2 Å². The summed E-state index contributed by atoms with van der Waals surface area (Å²) < 4.78 is 6.50. The molecule has 0 aliphatic heterocycles. The fourth-order valence-corrected chi connectivity index (χ4v) is 1.89. The van der Waals surface area contributed by atoms with E-state index in [-0.39, 0.29) is 13.2 Å². The second kappa shape index (κ2) is 6.38. The zero-order valence-electron chi connectivity index (χ0n) is 10.2. The van der Waals surface area contributed by atoms with Gasteiger partial charge in [0.15, 0.2) is 0 Å². The lowest BCUT2D eigenvalue weighted by molar-refractivity contribution is -0.0118. The molecule has 0 fully saturated rings. The summed E-state index contributed by atoms with van der Waals surface area (Å²) in [5.74, 6) is 0.621. The molecule has 2 N–H and O–H groups in total. The van der Waals surface area contributed by atoms with E-state index < -0.39 is 5.60 Å². The minimum absolute atomic E-state index is 0.0779. The Morgan fingerprint density at radius 1 is 1.29 bits per heavy atom. The maximum atomic E-state index is 10.1. The molecule has 0 aromatic heterocycles. The van der Waals surface area contributed by atoms with E-state index in [1.54, 1.807) is 6.07 Å². The number of hydrogen-bond acceptors (Lipinski definition) is 3. The zero-order valence-corrected chi connectivity index (χ0v) is 11.8. The average Bonchev–Trinajstić information content (AvgIpc) is 2.36. The Morgan fingerprint density at radius 2 is 1.94 bits per heavy atom. The number of halogens is 1. The van der Waals surface area contributed by atoms with Crippen molar-refractivity contribution in [1.29, 1.82) is 0 Å². The average molecular weight is 303 g/mol. The first-order chi connectivity index (χ1) is 8.04. The number of ether oxygens (including phenoxy) is 1. The summed E-state index contributed by atoms with van der Waals surface area (Å²) >= 11 is 3.34. The third-order valence-electron chi connectivity index (χ3n) is 3.01. The third kappa shape index (κ3) is 3.98. The minimum atomic E-state index is -0.792. The Morgan fingerprint density at radius 3 is 2.47 bits per heavy atom. The van der Waals surface area contributed by atoms with Gasteiger partial charge in [0.05, 0.1) is 12.2 Å². The fourth-order valence-electron chi connectivity index (χ4n) is 1.48.